The molecule has 3 rings (SSSR count). The van der Waals surface area contributed by atoms with Crippen LogP contribution < -0.4 is 5.32 Å². The maximum Gasteiger partial charge on any atom is 0.471 e. The van der Waals surface area contributed by atoms with Gasteiger partial charge in [-0.25, -0.2) is 9.78 Å². The molecule has 0 spiro atoms. The van der Waals surface area contributed by atoms with Gasteiger partial charge in [0.25, 0.3) is 0 Å². The molecule has 0 radical (unpaired) electrons. The second-order valence-electron chi connectivity index (χ2n) is 5.54. The lowest BCUT2D eigenvalue weighted by Crippen LogP contribution is -2.41. The molecule has 2 N–H and O–H groups in total. The van der Waals surface area contributed by atoms with E-state index in [1.54, 1.807) is 6.07 Å². The van der Waals surface area contributed by atoms with Crippen LogP contribution in [0.25, 0.3) is 11.4 Å². The Morgan fingerprint density at radius 2 is 2.04 bits per heavy atom. The van der Waals surface area contributed by atoms with Gasteiger partial charge in [0.1, 0.15) is 5.82 Å². The summed E-state index contributed by atoms with van der Waals surface area (Å²) in [6.07, 6.45) is -2.98. The minimum absolute atomic E-state index is 0.0796. The van der Waals surface area contributed by atoms with E-state index in [-0.39, 0.29) is 11.9 Å². The first-order chi connectivity index (χ1) is 11.8. The number of likely N-dealkylation sites (tertiary alicyclic amines) is 1. The number of hydrogen-bond donors (Lipinski definition) is 2. The summed E-state index contributed by atoms with van der Waals surface area (Å²) < 4.78 is 41.6. The molecule has 1 fully saturated rings. The van der Waals surface area contributed by atoms with Gasteiger partial charge in [-0.15, -0.1) is 0 Å². The first-order valence-electron chi connectivity index (χ1n) is 7.44. The molecule has 0 unspecified atom stereocenters. The van der Waals surface area contributed by atoms with Crippen molar-refractivity contribution >= 4 is 11.9 Å². The Morgan fingerprint density at radius 1 is 1.32 bits per heavy atom. The van der Waals surface area contributed by atoms with E-state index in [0.717, 1.165) is 0 Å². The second kappa shape index (κ2) is 6.57. The highest BCUT2D eigenvalue weighted by Gasteiger charge is 2.38. The molecule has 1 aliphatic heterocycles. The number of anilines is 1. The number of aromatic nitrogens is 3. The third-order valence-corrected chi connectivity index (χ3v) is 3.81. The number of hydrogen-bond acceptors (Lipinski definition) is 6. The zero-order chi connectivity index (χ0) is 18.0. The van der Waals surface area contributed by atoms with E-state index < -0.39 is 18.2 Å². The van der Waals surface area contributed by atoms with Gasteiger partial charge in [0.15, 0.2) is 0 Å². The Bertz CT molecular complexity index is 739. The lowest BCUT2D eigenvalue weighted by Gasteiger charge is -2.30. The van der Waals surface area contributed by atoms with Gasteiger partial charge in [-0.2, -0.15) is 18.2 Å². The first-order valence-corrected chi connectivity index (χ1v) is 7.44. The van der Waals surface area contributed by atoms with Crippen LogP contribution in [-0.2, 0) is 6.18 Å². The van der Waals surface area contributed by atoms with Crippen molar-refractivity contribution in [1.29, 1.82) is 0 Å². The first kappa shape index (κ1) is 17.0. The standard InChI is InChI=1S/C14H14F3N5O3/c15-14(16,17)12-20-11(21-25-12)8-1-2-10(18-7-8)19-9-3-5-22(6-4-9)13(23)24/h1-2,7,9H,3-6H2,(H,18,19)(H,23,24). The van der Waals surface area contributed by atoms with Gasteiger partial charge in [-0.3, -0.25) is 0 Å². The predicted octanol–water partition coefficient (Wildman–Crippen LogP) is 2.70. The van der Waals surface area contributed by atoms with Crippen LogP contribution in [0, 0.1) is 0 Å². The van der Waals surface area contributed by atoms with Crippen molar-refractivity contribution in [2.45, 2.75) is 25.1 Å². The van der Waals surface area contributed by atoms with Crippen molar-refractivity contribution in [3.63, 3.8) is 0 Å². The van der Waals surface area contributed by atoms with Gasteiger partial charge in [0, 0.05) is 30.9 Å². The van der Waals surface area contributed by atoms with E-state index in [4.69, 9.17) is 5.11 Å². The molecular weight excluding hydrogens is 343 g/mol. The Balaban J connectivity index is 1.61. The molecule has 0 aromatic carbocycles. The fourth-order valence-electron chi connectivity index (χ4n) is 2.49. The van der Waals surface area contributed by atoms with Crippen LogP contribution in [-0.4, -0.2) is 50.4 Å². The van der Waals surface area contributed by atoms with Gasteiger partial charge < -0.3 is 19.8 Å². The third kappa shape index (κ3) is 3.98. The van der Waals surface area contributed by atoms with E-state index in [1.165, 1.54) is 17.2 Å². The lowest BCUT2D eigenvalue weighted by atomic mass is 10.1. The molecule has 0 bridgehead atoms. The number of piperidine rings is 1. The van der Waals surface area contributed by atoms with Crippen LogP contribution in [0.2, 0.25) is 0 Å². The molecule has 2 aromatic heterocycles. The number of pyridine rings is 1. The molecule has 0 saturated carbocycles. The quantitative estimate of drug-likeness (QED) is 0.870. The highest BCUT2D eigenvalue weighted by atomic mass is 19.4. The molecule has 8 nitrogen and oxygen atoms in total. The number of rotatable bonds is 3. The van der Waals surface area contributed by atoms with Crippen molar-refractivity contribution in [3.05, 3.63) is 24.2 Å². The summed E-state index contributed by atoms with van der Waals surface area (Å²) in [5.74, 6) is -1.06. The molecule has 134 valence electrons. The molecule has 1 amide bonds. The summed E-state index contributed by atoms with van der Waals surface area (Å²) in [7, 11) is 0. The van der Waals surface area contributed by atoms with E-state index in [2.05, 4.69) is 25.0 Å². The number of carbonyl (C=O) groups is 1. The molecule has 2 aromatic rings. The summed E-state index contributed by atoms with van der Waals surface area (Å²) in [4.78, 5) is 19.6. The van der Waals surface area contributed by atoms with Gasteiger partial charge in [0.05, 0.1) is 0 Å². The molecular formula is C14H14F3N5O3. The number of halogens is 3. The molecule has 1 aliphatic rings. The van der Waals surface area contributed by atoms with E-state index in [1.807, 2.05) is 0 Å². The van der Waals surface area contributed by atoms with Crippen molar-refractivity contribution < 1.29 is 27.6 Å². The van der Waals surface area contributed by atoms with E-state index in [9.17, 15) is 18.0 Å². The van der Waals surface area contributed by atoms with Crippen LogP contribution in [0.15, 0.2) is 22.9 Å². The van der Waals surface area contributed by atoms with Gasteiger partial charge in [0.2, 0.25) is 5.82 Å². The van der Waals surface area contributed by atoms with E-state index >= 15 is 0 Å². The van der Waals surface area contributed by atoms with Gasteiger partial charge in [-0.1, -0.05) is 5.16 Å². The minimum Gasteiger partial charge on any atom is -0.465 e. The minimum atomic E-state index is -4.69. The van der Waals surface area contributed by atoms with Crippen molar-refractivity contribution in [3.8, 4) is 11.4 Å². The summed E-state index contributed by atoms with van der Waals surface area (Å²) in [5, 5.41) is 15.4. The normalized spacial score (nSPS) is 16.0. The van der Waals surface area contributed by atoms with Crippen molar-refractivity contribution in [2.24, 2.45) is 0 Å². The van der Waals surface area contributed by atoms with Crippen LogP contribution in [0.4, 0.5) is 23.8 Å². The monoisotopic (exact) mass is 357 g/mol. The summed E-state index contributed by atoms with van der Waals surface area (Å²) in [5.41, 5.74) is 0.297. The molecule has 11 heteroatoms. The van der Waals surface area contributed by atoms with Crippen LogP contribution >= 0.6 is 0 Å². The zero-order valence-corrected chi connectivity index (χ0v) is 12.8. The van der Waals surface area contributed by atoms with Crippen LogP contribution in [0.3, 0.4) is 0 Å². The smallest absolute Gasteiger partial charge is 0.465 e. The molecule has 3 heterocycles. The Kier molecular flexibility index (Phi) is 4.47. The SMILES string of the molecule is O=C(O)N1CCC(Nc2ccc(-c3noc(C(F)(F)F)n3)cn2)CC1. The van der Waals surface area contributed by atoms with Crippen molar-refractivity contribution in [1.82, 2.24) is 20.0 Å². The van der Waals surface area contributed by atoms with Crippen molar-refractivity contribution in [2.75, 3.05) is 18.4 Å². The number of alkyl halides is 3. The summed E-state index contributed by atoms with van der Waals surface area (Å²) in [6, 6.07) is 3.21. The largest absolute Gasteiger partial charge is 0.471 e. The molecule has 0 atom stereocenters. The summed E-state index contributed by atoms with van der Waals surface area (Å²) in [6.45, 7) is 0.877. The highest BCUT2D eigenvalue weighted by Crippen LogP contribution is 2.29. The average Bonchev–Trinajstić information content (AvgIpc) is 3.06. The fourth-order valence-corrected chi connectivity index (χ4v) is 2.49. The van der Waals surface area contributed by atoms with Gasteiger partial charge >= 0.3 is 18.2 Å². The number of nitrogens with one attached hydrogen (secondary N) is 1. The number of amides is 1. The fraction of sp³-hybridized carbons (Fsp3) is 0.429. The zero-order valence-electron chi connectivity index (χ0n) is 12.8. The number of carboxylic acid groups (broad SMARTS) is 1. The van der Waals surface area contributed by atoms with Crippen LogP contribution in [0.5, 0.6) is 0 Å². The summed E-state index contributed by atoms with van der Waals surface area (Å²) >= 11 is 0. The molecule has 1 saturated heterocycles. The Labute approximate surface area is 139 Å². The average molecular weight is 357 g/mol. The molecule has 25 heavy (non-hydrogen) atoms. The molecule has 0 aliphatic carbocycles. The predicted molar refractivity (Wildman–Crippen MR) is 78.8 cm³/mol. The highest BCUT2D eigenvalue weighted by molar-refractivity contribution is 5.65. The number of nitrogens with zero attached hydrogens (tertiary/aromatic N) is 4. The van der Waals surface area contributed by atoms with Gasteiger partial charge in [-0.05, 0) is 25.0 Å². The maximum atomic E-state index is 12.5. The third-order valence-electron chi connectivity index (χ3n) is 3.81. The van der Waals surface area contributed by atoms with Crippen LogP contribution in [0.1, 0.15) is 18.7 Å². The lowest BCUT2D eigenvalue weighted by molar-refractivity contribution is -0.159. The Morgan fingerprint density at radius 3 is 2.56 bits per heavy atom. The maximum absolute atomic E-state index is 12.5. The van der Waals surface area contributed by atoms with E-state index in [0.29, 0.717) is 37.3 Å². The topological polar surface area (TPSA) is 104 Å². The second-order valence-corrected chi connectivity index (χ2v) is 5.54. The Hall–Kier alpha value is -2.85.